The molecule has 1 aliphatic heterocycles. The molecule has 38 valence electrons. The molecule has 2 heteroatoms. The Morgan fingerprint density at radius 3 is 3.00 bits per heavy atom. The fourth-order valence-electron chi connectivity index (χ4n) is 0.482. The van der Waals surface area contributed by atoms with Gasteiger partial charge in [0.2, 0.25) is 0 Å². The largest absolute Gasteiger partial charge is 0.289 e. The molecule has 1 nitrogen and oxygen atoms in total. The Morgan fingerprint density at radius 1 is 1.86 bits per heavy atom. The molecule has 0 atom stereocenters. The zero-order chi connectivity index (χ0) is 5.11. The lowest BCUT2D eigenvalue weighted by Crippen LogP contribution is -1.77. The van der Waals surface area contributed by atoms with Gasteiger partial charge in [0.05, 0.1) is 6.54 Å². The summed E-state index contributed by atoms with van der Waals surface area (Å²) in [7, 11) is 0. The number of hydrogen-bond donors (Lipinski definition) is 0. The first-order valence-corrected chi connectivity index (χ1v) is 3.30. The maximum Gasteiger partial charge on any atom is 0.0576 e. The van der Waals surface area contributed by atoms with Crippen molar-refractivity contribution in [3.8, 4) is 0 Å². The molecule has 0 N–H and O–H groups in total. The minimum atomic E-state index is 0.876. The highest BCUT2D eigenvalue weighted by atomic mass is 79.9. The van der Waals surface area contributed by atoms with Gasteiger partial charge in [0.15, 0.2) is 0 Å². The Labute approximate surface area is 51.3 Å². The fourth-order valence-corrected chi connectivity index (χ4v) is 0.855. The second-order valence-corrected chi connectivity index (χ2v) is 1.97. The molecule has 7 heavy (non-hydrogen) atoms. The van der Waals surface area contributed by atoms with E-state index in [9.17, 15) is 0 Å². The summed E-state index contributed by atoms with van der Waals surface area (Å²) in [6, 6.07) is 0. The van der Waals surface area contributed by atoms with Gasteiger partial charge in [0, 0.05) is 11.5 Å². The summed E-state index contributed by atoms with van der Waals surface area (Å²) in [6.07, 6.45) is 4.00. The van der Waals surface area contributed by atoms with Gasteiger partial charge in [-0.15, -0.1) is 0 Å². The number of nitrogens with zero attached hydrogens (tertiary/aromatic N) is 1. The van der Waals surface area contributed by atoms with E-state index in [1.807, 2.05) is 6.21 Å². The molecule has 0 aromatic rings. The average molecular weight is 160 g/mol. The van der Waals surface area contributed by atoms with E-state index in [2.05, 4.69) is 27.0 Å². The Kier molecular flexibility index (Phi) is 1.63. The van der Waals surface area contributed by atoms with E-state index < -0.39 is 0 Å². The van der Waals surface area contributed by atoms with Crippen molar-refractivity contribution in [2.75, 3.05) is 11.9 Å². The van der Waals surface area contributed by atoms with Gasteiger partial charge in [-0.05, 0) is 5.57 Å². The van der Waals surface area contributed by atoms with Crippen molar-refractivity contribution < 1.29 is 0 Å². The third kappa shape index (κ3) is 1.13. The van der Waals surface area contributed by atoms with Crippen molar-refractivity contribution in [2.24, 2.45) is 4.99 Å². The minimum absolute atomic E-state index is 0.876. The Morgan fingerprint density at radius 2 is 2.71 bits per heavy atom. The SMILES string of the molecule is BrCC1=CCN=C1. The Balaban J connectivity index is 2.52. The van der Waals surface area contributed by atoms with Crippen LogP contribution in [-0.2, 0) is 0 Å². The zero-order valence-corrected chi connectivity index (χ0v) is 5.48. The average Bonchev–Trinajstić information content (AvgIpc) is 2.14. The maximum atomic E-state index is 3.99. The lowest BCUT2D eigenvalue weighted by atomic mass is 10.3. The molecule has 0 radical (unpaired) electrons. The first kappa shape index (κ1) is 5.04. The predicted molar refractivity (Wildman–Crippen MR) is 35.2 cm³/mol. The predicted octanol–water partition coefficient (Wildman–Crippen LogP) is 1.39. The molecular formula is C5H6BrN. The second kappa shape index (κ2) is 2.26. The third-order valence-corrected chi connectivity index (χ3v) is 1.52. The van der Waals surface area contributed by atoms with Crippen LogP contribution < -0.4 is 0 Å². The van der Waals surface area contributed by atoms with Crippen molar-refractivity contribution >= 4 is 22.1 Å². The summed E-state index contributed by atoms with van der Waals surface area (Å²) in [5.41, 5.74) is 1.29. The van der Waals surface area contributed by atoms with Gasteiger partial charge >= 0.3 is 0 Å². The first-order valence-electron chi connectivity index (χ1n) is 2.18. The highest BCUT2D eigenvalue weighted by molar-refractivity contribution is 9.09. The van der Waals surface area contributed by atoms with E-state index in [0.717, 1.165) is 11.9 Å². The van der Waals surface area contributed by atoms with Crippen LogP contribution in [0.4, 0.5) is 0 Å². The van der Waals surface area contributed by atoms with E-state index >= 15 is 0 Å². The summed E-state index contributed by atoms with van der Waals surface area (Å²) in [5.74, 6) is 0. The van der Waals surface area contributed by atoms with Crippen LogP contribution in [0.25, 0.3) is 0 Å². The summed E-state index contributed by atoms with van der Waals surface area (Å²) in [6.45, 7) is 0.876. The normalized spacial score (nSPS) is 17.6. The summed E-state index contributed by atoms with van der Waals surface area (Å²) in [5, 5.41) is 0.941. The number of allylic oxidation sites excluding steroid dienone is 1. The van der Waals surface area contributed by atoms with Crippen molar-refractivity contribution in [3.63, 3.8) is 0 Å². The highest BCUT2D eigenvalue weighted by Crippen LogP contribution is 2.00. The molecule has 0 aromatic carbocycles. The monoisotopic (exact) mass is 159 g/mol. The van der Waals surface area contributed by atoms with Crippen LogP contribution in [0.3, 0.4) is 0 Å². The van der Waals surface area contributed by atoms with Gasteiger partial charge in [0.25, 0.3) is 0 Å². The van der Waals surface area contributed by atoms with Crippen molar-refractivity contribution in [1.29, 1.82) is 0 Å². The molecule has 1 heterocycles. The van der Waals surface area contributed by atoms with E-state index in [4.69, 9.17) is 0 Å². The van der Waals surface area contributed by atoms with Crippen LogP contribution in [0.5, 0.6) is 0 Å². The van der Waals surface area contributed by atoms with Gasteiger partial charge in [-0.1, -0.05) is 22.0 Å². The number of rotatable bonds is 1. The molecule has 0 spiro atoms. The topological polar surface area (TPSA) is 12.4 Å². The van der Waals surface area contributed by atoms with Crippen LogP contribution in [0.1, 0.15) is 0 Å². The van der Waals surface area contributed by atoms with Crippen LogP contribution in [0.15, 0.2) is 16.6 Å². The summed E-state index contributed by atoms with van der Waals surface area (Å²) in [4.78, 5) is 3.99. The third-order valence-electron chi connectivity index (χ3n) is 0.870. The van der Waals surface area contributed by atoms with Crippen LogP contribution in [0.2, 0.25) is 0 Å². The molecule has 0 amide bonds. The number of halogens is 1. The standard InChI is InChI=1S/C5H6BrN/c6-3-5-1-2-7-4-5/h1,4H,2-3H2. The smallest absolute Gasteiger partial charge is 0.0576 e. The van der Waals surface area contributed by atoms with Gasteiger partial charge in [-0.2, -0.15) is 0 Å². The van der Waals surface area contributed by atoms with Crippen molar-refractivity contribution in [1.82, 2.24) is 0 Å². The van der Waals surface area contributed by atoms with E-state index in [1.54, 1.807) is 0 Å². The number of alkyl halides is 1. The Bertz CT molecular complexity index is 115. The first-order chi connectivity index (χ1) is 3.43. The summed E-state index contributed by atoms with van der Waals surface area (Å²) >= 11 is 3.32. The molecule has 0 aromatic heterocycles. The molecule has 0 saturated heterocycles. The lowest BCUT2D eigenvalue weighted by Gasteiger charge is -1.80. The van der Waals surface area contributed by atoms with E-state index in [0.29, 0.717) is 0 Å². The van der Waals surface area contributed by atoms with Crippen molar-refractivity contribution in [2.45, 2.75) is 0 Å². The van der Waals surface area contributed by atoms with Crippen molar-refractivity contribution in [3.05, 3.63) is 11.6 Å². The highest BCUT2D eigenvalue weighted by Gasteiger charge is 1.92. The lowest BCUT2D eigenvalue weighted by molar-refractivity contribution is 1.29. The molecule has 1 rings (SSSR count). The molecule has 0 unspecified atom stereocenters. The van der Waals surface area contributed by atoms with Gasteiger partial charge in [-0.25, -0.2) is 0 Å². The number of hydrogen-bond acceptors (Lipinski definition) is 1. The molecular weight excluding hydrogens is 154 g/mol. The van der Waals surface area contributed by atoms with Crippen LogP contribution >= 0.6 is 15.9 Å². The van der Waals surface area contributed by atoms with Gasteiger partial charge in [-0.3, -0.25) is 4.99 Å². The molecule has 0 bridgehead atoms. The number of aliphatic imine (C=N–C) groups is 1. The van der Waals surface area contributed by atoms with E-state index in [-0.39, 0.29) is 0 Å². The zero-order valence-electron chi connectivity index (χ0n) is 3.89. The molecule has 0 fully saturated rings. The quantitative estimate of drug-likeness (QED) is 0.514. The fraction of sp³-hybridized carbons (Fsp3) is 0.400. The van der Waals surface area contributed by atoms with Crippen LogP contribution in [0, 0.1) is 0 Å². The second-order valence-electron chi connectivity index (χ2n) is 1.41. The minimum Gasteiger partial charge on any atom is -0.289 e. The molecule has 0 aliphatic carbocycles. The van der Waals surface area contributed by atoms with Gasteiger partial charge in [0.1, 0.15) is 0 Å². The molecule has 0 saturated carbocycles. The maximum absolute atomic E-state index is 3.99. The van der Waals surface area contributed by atoms with Gasteiger partial charge < -0.3 is 0 Å². The van der Waals surface area contributed by atoms with E-state index in [1.165, 1.54) is 5.57 Å². The molecule has 1 aliphatic rings. The van der Waals surface area contributed by atoms with Crippen LogP contribution in [-0.4, -0.2) is 18.1 Å². The summed E-state index contributed by atoms with van der Waals surface area (Å²) < 4.78 is 0. The Hall–Kier alpha value is -0.110.